The zero-order chi connectivity index (χ0) is 10.9. The lowest BCUT2D eigenvalue weighted by atomic mass is 9.97. The van der Waals surface area contributed by atoms with Crippen molar-refractivity contribution in [3.05, 3.63) is 34.4 Å². The number of aryl methyl sites for hydroxylation is 3. The number of carbonyl (C=O) groups excluding carboxylic acids is 2. The summed E-state index contributed by atoms with van der Waals surface area (Å²) in [6.07, 6.45) is 0. The Balaban J connectivity index is 3.35. The predicted molar refractivity (Wildman–Crippen MR) is 50.0 cm³/mol. The predicted octanol–water partition coefficient (Wildman–Crippen LogP) is 0.544. The summed E-state index contributed by atoms with van der Waals surface area (Å²) in [4.78, 5) is 21.7. The van der Waals surface area contributed by atoms with Gasteiger partial charge in [0, 0.05) is 5.56 Å². The molecular weight excluding hydrogens is 180 g/mol. The first-order valence-corrected chi connectivity index (χ1v) is 4.27. The van der Waals surface area contributed by atoms with E-state index in [0.717, 1.165) is 5.56 Å². The smallest absolute Gasteiger partial charge is 0.208 e. The van der Waals surface area contributed by atoms with E-state index in [9.17, 15) is 14.7 Å². The minimum Gasteiger partial charge on any atom is -0.541 e. The van der Waals surface area contributed by atoms with Crippen LogP contribution < -0.4 is 5.11 Å². The van der Waals surface area contributed by atoms with E-state index in [1.807, 2.05) is 6.92 Å². The van der Waals surface area contributed by atoms with Crippen LogP contribution in [0.25, 0.3) is 0 Å². The summed E-state index contributed by atoms with van der Waals surface area (Å²) in [5.74, 6) is -2.60. The maximum absolute atomic E-state index is 11.2. The van der Waals surface area contributed by atoms with Crippen LogP contribution >= 0.6 is 0 Å². The number of ketones is 1. The first-order chi connectivity index (χ1) is 6.43. The third kappa shape index (κ3) is 1.82. The van der Waals surface area contributed by atoms with Crippen LogP contribution in [0, 0.1) is 20.8 Å². The van der Waals surface area contributed by atoms with E-state index in [0.29, 0.717) is 11.1 Å². The van der Waals surface area contributed by atoms with E-state index < -0.39 is 11.8 Å². The second-order valence-corrected chi connectivity index (χ2v) is 3.39. The monoisotopic (exact) mass is 191 g/mol. The average Bonchev–Trinajstić information content (AvgIpc) is 2.01. The first kappa shape index (κ1) is 10.4. The zero-order valence-electron chi connectivity index (χ0n) is 8.38. The summed E-state index contributed by atoms with van der Waals surface area (Å²) in [5, 5.41) is 10.4. The molecule has 0 unspecified atom stereocenters. The Kier molecular flexibility index (Phi) is 2.70. The van der Waals surface area contributed by atoms with Crippen LogP contribution in [0.4, 0.5) is 0 Å². The van der Waals surface area contributed by atoms with Gasteiger partial charge in [0.05, 0.1) is 0 Å². The first-order valence-electron chi connectivity index (χ1n) is 4.27. The van der Waals surface area contributed by atoms with Gasteiger partial charge in [0.2, 0.25) is 5.78 Å². The Bertz CT molecular complexity index is 382. The summed E-state index contributed by atoms with van der Waals surface area (Å²) in [7, 11) is 0. The van der Waals surface area contributed by atoms with Crippen molar-refractivity contribution in [2.75, 3.05) is 0 Å². The fourth-order valence-electron chi connectivity index (χ4n) is 1.64. The molecule has 0 aliphatic rings. The number of carboxylic acid groups (broad SMARTS) is 1. The Morgan fingerprint density at radius 2 is 1.50 bits per heavy atom. The van der Waals surface area contributed by atoms with Crippen molar-refractivity contribution in [1.82, 2.24) is 0 Å². The summed E-state index contributed by atoms with van der Waals surface area (Å²) in [6.45, 7) is 5.33. The lowest BCUT2D eigenvalue weighted by molar-refractivity contribution is -0.296. The van der Waals surface area contributed by atoms with Gasteiger partial charge < -0.3 is 9.90 Å². The normalized spacial score (nSPS) is 9.93. The molecule has 3 nitrogen and oxygen atoms in total. The molecule has 0 amide bonds. The zero-order valence-corrected chi connectivity index (χ0v) is 8.38. The summed E-state index contributed by atoms with van der Waals surface area (Å²) < 4.78 is 0. The number of carbonyl (C=O) groups is 2. The van der Waals surface area contributed by atoms with Crippen LogP contribution in [0.2, 0.25) is 0 Å². The topological polar surface area (TPSA) is 57.2 Å². The summed E-state index contributed by atoms with van der Waals surface area (Å²) in [5.41, 5.74) is 2.61. The van der Waals surface area contributed by atoms with Crippen LogP contribution in [0.1, 0.15) is 27.0 Å². The molecule has 0 bridgehead atoms. The molecule has 1 aromatic carbocycles. The Labute approximate surface area is 82.4 Å². The van der Waals surface area contributed by atoms with E-state index >= 15 is 0 Å². The maximum Gasteiger partial charge on any atom is 0.208 e. The third-order valence-corrected chi connectivity index (χ3v) is 2.09. The molecule has 0 aliphatic carbocycles. The number of carboxylic acids is 1. The molecule has 14 heavy (non-hydrogen) atoms. The maximum atomic E-state index is 11.2. The molecule has 3 heteroatoms. The van der Waals surface area contributed by atoms with Crippen molar-refractivity contribution >= 4 is 11.8 Å². The molecule has 0 spiro atoms. The molecule has 74 valence electrons. The fourth-order valence-corrected chi connectivity index (χ4v) is 1.64. The van der Waals surface area contributed by atoms with Crippen LogP contribution in [0.15, 0.2) is 12.1 Å². The van der Waals surface area contributed by atoms with E-state index in [-0.39, 0.29) is 5.56 Å². The minimum absolute atomic E-state index is 0.246. The van der Waals surface area contributed by atoms with Crippen molar-refractivity contribution in [2.45, 2.75) is 20.8 Å². The third-order valence-electron chi connectivity index (χ3n) is 2.09. The molecule has 0 saturated heterocycles. The van der Waals surface area contributed by atoms with Crippen LogP contribution in [-0.4, -0.2) is 11.8 Å². The second kappa shape index (κ2) is 3.62. The SMILES string of the molecule is Cc1cc(C)c(C(=O)C(=O)[O-])c(C)c1. The van der Waals surface area contributed by atoms with Gasteiger partial charge >= 0.3 is 0 Å². The van der Waals surface area contributed by atoms with E-state index in [1.54, 1.807) is 26.0 Å². The van der Waals surface area contributed by atoms with Gasteiger partial charge in [-0.25, -0.2) is 0 Å². The molecular formula is C11H11O3-. The van der Waals surface area contributed by atoms with Crippen molar-refractivity contribution in [1.29, 1.82) is 0 Å². The van der Waals surface area contributed by atoms with Gasteiger partial charge in [-0.1, -0.05) is 17.7 Å². The average molecular weight is 191 g/mol. The van der Waals surface area contributed by atoms with Gasteiger partial charge in [-0.15, -0.1) is 0 Å². The number of benzene rings is 1. The summed E-state index contributed by atoms with van der Waals surface area (Å²) >= 11 is 0. The molecule has 1 aromatic rings. The number of aliphatic carboxylic acids is 1. The van der Waals surface area contributed by atoms with Crippen molar-refractivity contribution in [3.63, 3.8) is 0 Å². The lowest BCUT2D eigenvalue weighted by Gasteiger charge is -2.10. The van der Waals surface area contributed by atoms with Crippen molar-refractivity contribution in [2.24, 2.45) is 0 Å². The Morgan fingerprint density at radius 3 is 1.86 bits per heavy atom. The number of Topliss-reactive ketones (excluding diaryl/α,β-unsaturated/α-hetero) is 1. The summed E-state index contributed by atoms with van der Waals surface area (Å²) in [6, 6.07) is 3.56. The molecule has 0 saturated carbocycles. The fraction of sp³-hybridized carbons (Fsp3) is 0.273. The molecule has 0 aromatic heterocycles. The standard InChI is InChI=1S/C11H12O3/c1-6-4-7(2)9(8(3)5-6)10(12)11(13)14/h4-5H,1-3H3,(H,13,14)/p-1. The number of hydrogen-bond acceptors (Lipinski definition) is 3. The molecule has 0 atom stereocenters. The largest absolute Gasteiger partial charge is 0.541 e. The molecule has 1 rings (SSSR count). The van der Waals surface area contributed by atoms with Crippen LogP contribution in [-0.2, 0) is 4.79 Å². The van der Waals surface area contributed by atoms with Crippen molar-refractivity contribution < 1.29 is 14.7 Å². The number of hydrogen-bond donors (Lipinski definition) is 0. The van der Waals surface area contributed by atoms with Crippen molar-refractivity contribution in [3.8, 4) is 0 Å². The van der Waals surface area contributed by atoms with Crippen LogP contribution in [0.5, 0.6) is 0 Å². The number of rotatable bonds is 2. The highest BCUT2D eigenvalue weighted by atomic mass is 16.4. The van der Waals surface area contributed by atoms with E-state index in [1.165, 1.54) is 0 Å². The van der Waals surface area contributed by atoms with Gasteiger partial charge in [0.25, 0.3) is 0 Å². The van der Waals surface area contributed by atoms with Gasteiger partial charge in [-0.3, -0.25) is 4.79 Å². The van der Waals surface area contributed by atoms with E-state index in [2.05, 4.69) is 0 Å². The Hall–Kier alpha value is -1.64. The lowest BCUT2D eigenvalue weighted by Crippen LogP contribution is -2.32. The quantitative estimate of drug-likeness (QED) is 0.506. The second-order valence-electron chi connectivity index (χ2n) is 3.39. The highest BCUT2D eigenvalue weighted by Crippen LogP contribution is 2.16. The van der Waals surface area contributed by atoms with Gasteiger partial charge in [0.1, 0.15) is 5.97 Å². The van der Waals surface area contributed by atoms with Gasteiger partial charge in [-0.05, 0) is 31.9 Å². The molecule has 0 fully saturated rings. The molecule has 0 heterocycles. The molecule has 0 radical (unpaired) electrons. The van der Waals surface area contributed by atoms with Gasteiger partial charge in [-0.2, -0.15) is 0 Å². The van der Waals surface area contributed by atoms with E-state index in [4.69, 9.17) is 0 Å². The van der Waals surface area contributed by atoms with Gasteiger partial charge in [0.15, 0.2) is 0 Å². The highest BCUT2D eigenvalue weighted by Gasteiger charge is 2.13. The van der Waals surface area contributed by atoms with Crippen LogP contribution in [0.3, 0.4) is 0 Å². The highest BCUT2D eigenvalue weighted by molar-refractivity contribution is 6.39. The molecule has 0 N–H and O–H groups in total. The molecule has 0 aliphatic heterocycles. The Morgan fingerprint density at radius 1 is 1.07 bits per heavy atom. The minimum atomic E-state index is -1.65.